The molecule has 2 aliphatic rings. The fourth-order valence-electron chi connectivity index (χ4n) is 4.41. The smallest absolute Gasteiger partial charge is 0.151 e. The van der Waals surface area contributed by atoms with Gasteiger partial charge in [-0.2, -0.15) is 0 Å². The maximum atomic E-state index is 6.72. The van der Waals surface area contributed by atoms with Crippen molar-refractivity contribution in [2.24, 2.45) is 0 Å². The Morgan fingerprint density at radius 3 is 1.63 bits per heavy atom. The van der Waals surface area contributed by atoms with Crippen molar-refractivity contribution in [3.63, 3.8) is 0 Å². The Balaban J connectivity index is 2.12. The van der Waals surface area contributed by atoms with Gasteiger partial charge in [0.05, 0.1) is 24.1 Å². The van der Waals surface area contributed by atoms with E-state index < -0.39 is 7.49 Å². The normalized spacial score (nSPS) is 23.7. The molecular weight excluding hydrogens is 251 g/mol. The second-order valence-corrected chi connectivity index (χ2v) is 10.6. The molecule has 0 atom stereocenters. The van der Waals surface area contributed by atoms with Gasteiger partial charge in [-0.25, -0.2) is 4.52 Å². The largest absolute Gasteiger partial charge is 0.238 e. The fourth-order valence-corrected chi connectivity index (χ4v) is 9.65. The molecule has 0 radical (unpaired) electrons. The third-order valence-electron chi connectivity index (χ3n) is 5.42. The molecule has 0 saturated heterocycles. The van der Waals surface area contributed by atoms with Gasteiger partial charge in [0, 0.05) is 0 Å². The molecule has 112 valence electrons. The molecule has 1 nitrogen and oxygen atoms in total. The predicted molar refractivity (Wildman–Crippen MR) is 87.5 cm³/mol. The minimum atomic E-state index is -1.14. The number of hydrogen-bond donors (Lipinski definition) is 0. The molecule has 0 aliphatic heterocycles. The molecule has 2 aliphatic carbocycles. The van der Waals surface area contributed by atoms with E-state index in [9.17, 15) is 0 Å². The molecule has 2 rings (SSSR count). The van der Waals surface area contributed by atoms with Gasteiger partial charge in [-0.1, -0.05) is 19.8 Å². The molecule has 2 fully saturated rings. The zero-order chi connectivity index (χ0) is 13.6. The molecule has 0 aromatic heterocycles. The fraction of sp³-hybridized carbons (Fsp3) is 1.00. The summed E-state index contributed by atoms with van der Waals surface area (Å²) >= 11 is 0. The Morgan fingerprint density at radius 1 is 0.789 bits per heavy atom. The summed E-state index contributed by atoms with van der Waals surface area (Å²) in [5, 5.41) is 0. The first kappa shape index (κ1) is 15.8. The van der Waals surface area contributed by atoms with Gasteiger partial charge in [-0.15, -0.1) is 0 Å². The predicted octanol–water partition coefficient (Wildman–Crippen LogP) is 6.03. The van der Waals surface area contributed by atoms with Gasteiger partial charge in [0.15, 0.2) is 7.49 Å². The second kappa shape index (κ2) is 7.99. The topological polar surface area (TPSA) is 9.23 Å². The first-order valence-corrected chi connectivity index (χ1v) is 10.9. The molecule has 2 heteroatoms. The third-order valence-corrected chi connectivity index (χ3v) is 10.6. The average molecular weight is 285 g/mol. The molecular formula is C17H34OP+. The average Bonchev–Trinajstić information content (AvgIpc) is 2.51. The van der Waals surface area contributed by atoms with Crippen LogP contribution in [0.5, 0.6) is 0 Å². The summed E-state index contributed by atoms with van der Waals surface area (Å²) in [5.41, 5.74) is 1.92. The van der Waals surface area contributed by atoms with E-state index in [2.05, 4.69) is 13.8 Å². The van der Waals surface area contributed by atoms with Crippen LogP contribution >= 0.6 is 7.49 Å². The van der Waals surface area contributed by atoms with Crippen LogP contribution in [0, 0.1) is 0 Å². The molecule has 2 saturated carbocycles. The van der Waals surface area contributed by atoms with Crippen molar-refractivity contribution < 1.29 is 4.52 Å². The highest BCUT2D eigenvalue weighted by molar-refractivity contribution is 7.72. The molecule has 0 heterocycles. The van der Waals surface area contributed by atoms with Gasteiger partial charge in [-0.05, 0) is 64.7 Å². The zero-order valence-electron chi connectivity index (χ0n) is 13.2. The van der Waals surface area contributed by atoms with Crippen LogP contribution in [0.4, 0.5) is 0 Å². The van der Waals surface area contributed by atoms with Gasteiger partial charge in [0.25, 0.3) is 0 Å². The van der Waals surface area contributed by atoms with Crippen LogP contribution in [0.15, 0.2) is 0 Å². The summed E-state index contributed by atoms with van der Waals surface area (Å²) < 4.78 is 6.72. The highest BCUT2D eigenvalue weighted by Gasteiger charge is 2.52. The zero-order valence-corrected chi connectivity index (χ0v) is 14.1. The molecule has 0 amide bonds. The first-order valence-electron chi connectivity index (χ1n) is 8.85. The number of rotatable bonds is 6. The van der Waals surface area contributed by atoms with Crippen LogP contribution in [0.2, 0.25) is 0 Å². The van der Waals surface area contributed by atoms with Gasteiger partial charge in [0.1, 0.15) is 0 Å². The highest BCUT2D eigenvalue weighted by atomic mass is 31.2. The van der Waals surface area contributed by atoms with Crippen LogP contribution < -0.4 is 0 Å². The van der Waals surface area contributed by atoms with E-state index >= 15 is 0 Å². The summed E-state index contributed by atoms with van der Waals surface area (Å²) in [4.78, 5) is 0. The quantitative estimate of drug-likeness (QED) is 0.541. The summed E-state index contributed by atoms with van der Waals surface area (Å²) in [7, 11) is -1.14. The van der Waals surface area contributed by atoms with Gasteiger partial charge >= 0.3 is 0 Å². The minimum Gasteiger partial charge on any atom is -0.238 e. The van der Waals surface area contributed by atoms with Crippen molar-refractivity contribution >= 4 is 7.49 Å². The molecule has 0 spiro atoms. The first-order chi connectivity index (χ1) is 9.33. The van der Waals surface area contributed by atoms with Crippen LogP contribution in [-0.2, 0) is 4.52 Å². The lowest BCUT2D eigenvalue weighted by molar-refractivity contribution is 0.309. The third kappa shape index (κ3) is 3.73. The Hall–Kier alpha value is 0.390. The summed E-state index contributed by atoms with van der Waals surface area (Å²) in [6.07, 6.45) is 17.3. The Morgan fingerprint density at radius 2 is 1.26 bits per heavy atom. The van der Waals surface area contributed by atoms with E-state index in [-0.39, 0.29) is 0 Å². The second-order valence-electron chi connectivity index (χ2n) is 6.59. The van der Waals surface area contributed by atoms with E-state index in [1.54, 1.807) is 0 Å². The van der Waals surface area contributed by atoms with Crippen molar-refractivity contribution in [1.29, 1.82) is 0 Å². The number of hydrogen-bond acceptors (Lipinski definition) is 1. The van der Waals surface area contributed by atoms with E-state index in [1.807, 2.05) is 0 Å². The van der Waals surface area contributed by atoms with Crippen molar-refractivity contribution in [1.82, 2.24) is 0 Å². The van der Waals surface area contributed by atoms with Gasteiger partial charge in [-0.3, -0.25) is 0 Å². The molecule has 0 aromatic carbocycles. The minimum absolute atomic E-state index is 0.959. The summed E-state index contributed by atoms with van der Waals surface area (Å²) in [6.45, 7) is 5.73. The van der Waals surface area contributed by atoms with E-state index in [0.29, 0.717) is 0 Å². The monoisotopic (exact) mass is 285 g/mol. The van der Waals surface area contributed by atoms with Gasteiger partial charge in [0.2, 0.25) is 0 Å². The van der Waals surface area contributed by atoms with Crippen molar-refractivity contribution in [2.45, 2.75) is 95.8 Å². The lowest BCUT2D eigenvalue weighted by Crippen LogP contribution is -2.31. The van der Waals surface area contributed by atoms with Crippen LogP contribution in [0.3, 0.4) is 0 Å². The Labute approximate surface area is 121 Å². The maximum absolute atomic E-state index is 6.72. The van der Waals surface area contributed by atoms with E-state index in [1.165, 1.54) is 76.8 Å². The summed E-state index contributed by atoms with van der Waals surface area (Å²) in [5.74, 6) is 0. The van der Waals surface area contributed by atoms with E-state index in [0.717, 1.165) is 17.9 Å². The van der Waals surface area contributed by atoms with Crippen LogP contribution in [0.1, 0.15) is 84.5 Å². The maximum Gasteiger partial charge on any atom is 0.151 e. The SMILES string of the molecule is CCCO[P+](CC)(C1CCCCC1)C1CCCCC1. The molecule has 0 unspecified atom stereocenters. The standard InChI is InChI=1S/C17H34OP/c1-3-15-18-19(4-2,16-11-7-5-8-12-16)17-13-9-6-10-14-17/h16-17H,3-15H2,1-2H3/q+1. The molecule has 0 N–H and O–H groups in total. The van der Waals surface area contributed by atoms with E-state index in [4.69, 9.17) is 4.52 Å². The molecule has 19 heavy (non-hydrogen) atoms. The van der Waals surface area contributed by atoms with Crippen molar-refractivity contribution in [3.05, 3.63) is 0 Å². The van der Waals surface area contributed by atoms with Gasteiger partial charge < -0.3 is 0 Å². The lowest BCUT2D eigenvalue weighted by atomic mass is 9.99. The van der Waals surface area contributed by atoms with Crippen LogP contribution in [-0.4, -0.2) is 24.1 Å². The molecule has 0 bridgehead atoms. The highest BCUT2D eigenvalue weighted by Crippen LogP contribution is 2.72. The van der Waals surface area contributed by atoms with Crippen molar-refractivity contribution in [2.75, 3.05) is 12.8 Å². The lowest BCUT2D eigenvalue weighted by Gasteiger charge is -2.41. The molecule has 0 aromatic rings. The van der Waals surface area contributed by atoms with Crippen LogP contribution in [0.25, 0.3) is 0 Å². The summed E-state index contributed by atoms with van der Waals surface area (Å²) in [6, 6.07) is 0. The van der Waals surface area contributed by atoms with Crippen molar-refractivity contribution in [3.8, 4) is 0 Å². The Bertz CT molecular complexity index is 224. The Kier molecular flexibility index (Phi) is 6.63.